The molecule has 1 aliphatic heterocycles. The molecular weight excluding hydrogens is 440 g/mol. The average molecular weight is 462 g/mol. The van der Waals surface area contributed by atoms with Crippen molar-refractivity contribution in [2.75, 3.05) is 12.1 Å². The number of amides is 1. The Kier molecular flexibility index (Phi) is 6.80. The predicted octanol–water partition coefficient (Wildman–Crippen LogP) is 1.86. The number of hydrogen-bond donors (Lipinski definition) is 2. The van der Waals surface area contributed by atoms with Gasteiger partial charge in [0, 0.05) is 17.3 Å². The van der Waals surface area contributed by atoms with Gasteiger partial charge in [0.1, 0.15) is 6.04 Å². The van der Waals surface area contributed by atoms with E-state index in [1.165, 1.54) is 45.0 Å². The first kappa shape index (κ1) is 23.2. The van der Waals surface area contributed by atoms with Crippen LogP contribution in [0.5, 0.6) is 11.5 Å². The maximum absolute atomic E-state index is 12.5. The first-order valence-corrected chi connectivity index (χ1v) is 11.1. The summed E-state index contributed by atoms with van der Waals surface area (Å²) >= 11 is 0. The summed E-state index contributed by atoms with van der Waals surface area (Å²) < 4.78 is 42.7. The standard InChI is InChI=1S/C21H22N2O8S/c1-12(23-32(27,28)17-7-4-15(5-8-17)13(2)24)21(26)31-14(3)20(25)22-16-6-9-18-19(10-16)30-11-29-18/h4-10,12,14,23H,11H2,1-3H3,(H,22,25). The van der Waals surface area contributed by atoms with E-state index < -0.39 is 34.0 Å². The molecule has 10 nitrogen and oxygen atoms in total. The van der Waals surface area contributed by atoms with Crippen molar-refractivity contribution in [1.82, 2.24) is 4.72 Å². The minimum absolute atomic E-state index is 0.0927. The fraction of sp³-hybridized carbons (Fsp3) is 0.286. The van der Waals surface area contributed by atoms with Crippen molar-refractivity contribution >= 4 is 33.4 Å². The molecule has 2 aromatic rings. The second-order valence-electron chi connectivity index (χ2n) is 7.06. The molecule has 2 N–H and O–H groups in total. The van der Waals surface area contributed by atoms with Crippen LogP contribution in [-0.4, -0.2) is 45.0 Å². The van der Waals surface area contributed by atoms with Gasteiger partial charge in [-0.2, -0.15) is 4.72 Å². The highest BCUT2D eigenvalue weighted by Gasteiger charge is 2.27. The van der Waals surface area contributed by atoms with Crippen LogP contribution in [0.15, 0.2) is 47.4 Å². The molecule has 0 spiro atoms. The van der Waals surface area contributed by atoms with Gasteiger partial charge in [0.15, 0.2) is 23.4 Å². The fourth-order valence-corrected chi connectivity index (χ4v) is 3.96. The van der Waals surface area contributed by atoms with E-state index in [0.29, 0.717) is 22.7 Å². The largest absolute Gasteiger partial charge is 0.454 e. The quantitative estimate of drug-likeness (QED) is 0.448. The molecule has 1 aliphatic rings. The summed E-state index contributed by atoms with van der Waals surface area (Å²) in [5, 5.41) is 2.59. The van der Waals surface area contributed by atoms with Gasteiger partial charge in [0.2, 0.25) is 16.8 Å². The molecule has 3 rings (SSSR count). The summed E-state index contributed by atoms with van der Waals surface area (Å²) in [5.41, 5.74) is 0.781. The van der Waals surface area contributed by atoms with Crippen LogP contribution in [0.1, 0.15) is 31.1 Å². The van der Waals surface area contributed by atoms with Gasteiger partial charge in [0.05, 0.1) is 4.90 Å². The van der Waals surface area contributed by atoms with Crippen LogP contribution < -0.4 is 19.5 Å². The lowest BCUT2D eigenvalue weighted by molar-refractivity contribution is -0.154. The molecule has 2 aromatic carbocycles. The van der Waals surface area contributed by atoms with E-state index >= 15 is 0 Å². The number of carbonyl (C=O) groups is 3. The molecule has 0 bridgehead atoms. The number of carbonyl (C=O) groups excluding carboxylic acids is 3. The molecule has 2 unspecified atom stereocenters. The number of sulfonamides is 1. The molecule has 170 valence electrons. The van der Waals surface area contributed by atoms with Crippen LogP contribution in [0, 0.1) is 0 Å². The molecule has 0 saturated heterocycles. The maximum atomic E-state index is 12.5. The number of nitrogens with one attached hydrogen (secondary N) is 2. The smallest absolute Gasteiger partial charge is 0.324 e. The summed E-state index contributed by atoms with van der Waals surface area (Å²) in [5.74, 6) is -0.701. The monoisotopic (exact) mass is 462 g/mol. The first-order valence-electron chi connectivity index (χ1n) is 9.61. The number of Topliss-reactive ketones (excluding diaryl/α,β-unsaturated/α-hetero) is 1. The van der Waals surface area contributed by atoms with Gasteiger partial charge < -0.3 is 19.5 Å². The second kappa shape index (κ2) is 9.37. The van der Waals surface area contributed by atoms with E-state index in [1.54, 1.807) is 18.2 Å². The number of hydrogen-bond acceptors (Lipinski definition) is 8. The third-order valence-corrected chi connectivity index (χ3v) is 6.12. The summed E-state index contributed by atoms with van der Waals surface area (Å²) in [6.07, 6.45) is -1.19. The Bertz CT molecular complexity index is 1140. The van der Waals surface area contributed by atoms with E-state index in [9.17, 15) is 22.8 Å². The first-order chi connectivity index (χ1) is 15.1. The van der Waals surface area contributed by atoms with Crippen molar-refractivity contribution in [1.29, 1.82) is 0 Å². The summed E-state index contributed by atoms with van der Waals surface area (Å²) in [4.78, 5) is 35.9. The van der Waals surface area contributed by atoms with Gasteiger partial charge in [-0.05, 0) is 45.0 Å². The highest BCUT2D eigenvalue weighted by molar-refractivity contribution is 7.89. The summed E-state index contributed by atoms with van der Waals surface area (Å²) in [6, 6.07) is 8.83. The Labute approximate surface area is 184 Å². The molecule has 2 atom stereocenters. The molecule has 1 amide bonds. The molecule has 0 aliphatic carbocycles. The van der Waals surface area contributed by atoms with Crippen LogP contribution in [-0.2, 0) is 24.3 Å². The third kappa shape index (κ3) is 5.42. The maximum Gasteiger partial charge on any atom is 0.324 e. The van der Waals surface area contributed by atoms with Crippen molar-refractivity contribution in [2.45, 2.75) is 37.8 Å². The fourth-order valence-electron chi connectivity index (χ4n) is 2.77. The van der Waals surface area contributed by atoms with E-state index in [2.05, 4.69) is 10.0 Å². The van der Waals surface area contributed by atoms with E-state index in [-0.39, 0.29) is 17.5 Å². The number of ketones is 1. The Morgan fingerprint density at radius 1 is 1.00 bits per heavy atom. The zero-order chi connectivity index (χ0) is 23.5. The zero-order valence-corrected chi connectivity index (χ0v) is 18.4. The Balaban J connectivity index is 1.56. The predicted molar refractivity (Wildman–Crippen MR) is 113 cm³/mol. The van der Waals surface area contributed by atoms with Crippen LogP contribution in [0.2, 0.25) is 0 Å². The van der Waals surface area contributed by atoms with E-state index in [0.717, 1.165) is 0 Å². The lowest BCUT2D eigenvalue weighted by Crippen LogP contribution is -2.42. The van der Waals surface area contributed by atoms with Crippen molar-refractivity contribution in [3.05, 3.63) is 48.0 Å². The third-order valence-electron chi connectivity index (χ3n) is 4.56. The Morgan fingerprint density at radius 2 is 1.66 bits per heavy atom. The molecule has 0 fully saturated rings. The van der Waals surface area contributed by atoms with Gasteiger partial charge in [-0.15, -0.1) is 0 Å². The van der Waals surface area contributed by atoms with Crippen LogP contribution in [0.3, 0.4) is 0 Å². The molecule has 0 saturated carbocycles. The second-order valence-corrected chi connectivity index (χ2v) is 8.77. The van der Waals surface area contributed by atoms with Crippen LogP contribution in [0.25, 0.3) is 0 Å². The molecule has 11 heteroatoms. The normalized spacial score (nSPS) is 14.3. The van der Waals surface area contributed by atoms with Crippen molar-refractivity contribution in [2.24, 2.45) is 0 Å². The summed E-state index contributed by atoms with van der Waals surface area (Å²) in [6.45, 7) is 4.12. The van der Waals surface area contributed by atoms with Crippen LogP contribution in [0.4, 0.5) is 5.69 Å². The highest BCUT2D eigenvalue weighted by Crippen LogP contribution is 2.34. The van der Waals surface area contributed by atoms with Crippen molar-refractivity contribution < 1.29 is 37.0 Å². The Hall–Kier alpha value is -3.44. The molecular formula is C21H22N2O8S. The van der Waals surface area contributed by atoms with Gasteiger partial charge in [-0.25, -0.2) is 8.42 Å². The molecule has 0 radical (unpaired) electrons. The minimum atomic E-state index is -4.05. The number of anilines is 1. The number of rotatable bonds is 8. The number of fused-ring (bicyclic) bond motifs is 1. The van der Waals surface area contributed by atoms with Gasteiger partial charge in [0.25, 0.3) is 5.91 Å². The molecule has 32 heavy (non-hydrogen) atoms. The van der Waals surface area contributed by atoms with Crippen molar-refractivity contribution in [3.63, 3.8) is 0 Å². The number of benzene rings is 2. The van der Waals surface area contributed by atoms with Gasteiger partial charge in [-0.1, -0.05) is 12.1 Å². The zero-order valence-electron chi connectivity index (χ0n) is 17.6. The number of esters is 1. The Morgan fingerprint density at radius 3 is 2.31 bits per heavy atom. The van der Waals surface area contributed by atoms with E-state index in [1.807, 2.05) is 0 Å². The molecule has 0 aromatic heterocycles. The lowest BCUT2D eigenvalue weighted by atomic mass is 10.2. The van der Waals surface area contributed by atoms with Crippen LogP contribution >= 0.6 is 0 Å². The van der Waals surface area contributed by atoms with Crippen molar-refractivity contribution in [3.8, 4) is 11.5 Å². The minimum Gasteiger partial charge on any atom is -0.454 e. The van der Waals surface area contributed by atoms with Gasteiger partial charge >= 0.3 is 5.97 Å². The average Bonchev–Trinajstić information content (AvgIpc) is 3.21. The van der Waals surface area contributed by atoms with Gasteiger partial charge in [-0.3, -0.25) is 14.4 Å². The number of ether oxygens (including phenoxy) is 3. The SMILES string of the molecule is CC(=O)c1ccc(S(=O)(=O)NC(C)C(=O)OC(C)C(=O)Nc2ccc3c(c2)OCO3)cc1. The van der Waals surface area contributed by atoms with E-state index in [4.69, 9.17) is 14.2 Å². The summed E-state index contributed by atoms with van der Waals surface area (Å²) in [7, 11) is -4.05. The highest BCUT2D eigenvalue weighted by atomic mass is 32.2. The topological polar surface area (TPSA) is 137 Å². The molecule has 1 heterocycles. The lowest BCUT2D eigenvalue weighted by Gasteiger charge is -2.18.